The Morgan fingerprint density at radius 3 is 2.65 bits per heavy atom. The lowest BCUT2D eigenvalue weighted by Gasteiger charge is -2.26. The number of hydrogen-bond acceptors (Lipinski definition) is 5. The smallest absolute Gasteiger partial charge is 0.269 e. The quantitative estimate of drug-likeness (QED) is 0.564. The summed E-state index contributed by atoms with van der Waals surface area (Å²) in [6, 6.07) is 5.11. The van der Waals surface area contributed by atoms with Crippen LogP contribution in [0.5, 0.6) is 0 Å². The molecule has 2 N–H and O–H groups in total. The van der Waals surface area contributed by atoms with Crippen LogP contribution in [0.4, 0.5) is 11.4 Å². The molecule has 20 heavy (non-hydrogen) atoms. The van der Waals surface area contributed by atoms with Crippen molar-refractivity contribution in [3.63, 3.8) is 0 Å². The van der Waals surface area contributed by atoms with Crippen LogP contribution in [0.3, 0.4) is 0 Å². The van der Waals surface area contributed by atoms with Crippen LogP contribution < -0.4 is 5.32 Å². The number of rotatable bonds is 8. The Balaban J connectivity index is 3.04. The summed E-state index contributed by atoms with van der Waals surface area (Å²) >= 11 is 0. The normalized spacial score (nSPS) is 11.1. The summed E-state index contributed by atoms with van der Waals surface area (Å²) < 4.78 is 0. The van der Waals surface area contributed by atoms with Gasteiger partial charge in [0.25, 0.3) is 5.69 Å². The van der Waals surface area contributed by atoms with Crippen molar-refractivity contribution in [3.05, 3.63) is 33.9 Å². The van der Waals surface area contributed by atoms with E-state index >= 15 is 0 Å². The highest BCUT2D eigenvalue weighted by molar-refractivity contribution is 5.56. The summed E-state index contributed by atoms with van der Waals surface area (Å²) in [4.78, 5) is 12.6. The highest BCUT2D eigenvalue weighted by Gasteiger charge is 2.15. The molecule has 6 nitrogen and oxygen atoms in total. The minimum Gasteiger partial charge on any atom is -0.395 e. The summed E-state index contributed by atoms with van der Waals surface area (Å²) in [5, 5.41) is 23.2. The van der Waals surface area contributed by atoms with Crippen LogP contribution in [0.1, 0.15) is 26.3 Å². The summed E-state index contributed by atoms with van der Waals surface area (Å²) in [7, 11) is 0. The number of non-ortho nitro benzene ring substituents is 1. The standard InChI is InChI=1S/C14H23N3O3/c1-4-15-14-6-5-13(17(19)20)9-12(14)10-16(7-8-18)11(2)3/h5-6,9,11,15,18H,4,7-8,10H2,1-3H3. The Morgan fingerprint density at radius 2 is 2.15 bits per heavy atom. The molecule has 0 aliphatic carbocycles. The molecule has 0 saturated heterocycles. The molecule has 0 radical (unpaired) electrons. The highest BCUT2D eigenvalue weighted by atomic mass is 16.6. The molecule has 6 heteroatoms. The van der Waals surface area contributed by atoms with E-state index in [9.17, 15) is 10.1 Å². The van der Waals surface area contributed by atoms with Crippen molar-refractivity contribution in [3.8, 4) is 0 Å². The van der Waals surface area contributed by atoms with Crippen molar-refractivity contribution in [1.29, 1.82) is 0 Å². The Labute approximate surface area is 119 Å². The molecule has 0 saturated carbocycles. The molecule has 0 bridgehead atoms. The fourth-order valence-corrected chi connectivity index (χ4v) is 2.05. The Kier molecular flexibility index (Phi) is 6.41. The molecule has 0 aromatic heterocycles. The number of hydrogen-bond donors (Lipinski definition) is 2. The Bertz CT molecular complexity index is 449. The van der Waals surface area contributed by atoms with E-state index in [0.29, 0.717) is 13.1 Å². The van der Waals surface area contributed by atoms with Crippen molar-refractivity contribution < 1.29 is 10.0 Å². The maximum Gasteiger partial charge on any atom is 0.269 e. The van der Waals surface area contributed by atoms with Crippen LogP contribution in [0, 0.1) is 10.1 Å². The Hall–Kier alpha value is -1.66. The fraction of sp³-hybridized carbons (Fsp3) is 0.571. The number of nitro groups is 1. The zero-order valence-corrected chi connectivity index (χ0v) is 12.3. The average Bonchev–Trinajstić information content (AvgIpc) is 2.39. The molecule has 0 aliphatic rings. The average molecular weight is 281 g/mol. The third-order valence-corrected chi connectivity index (χ3v) is 3.16. The molecule has 1 rings (SSSR count). The molecule has 1 aromatic rings. The summed E-state index contributed by atoms with van der Waals surface area (Å²) in [5.74, 6) is 0. The predicted octanol–water partition coefficient (Wildman–Crippen LogP) is 2.23. The van der Waals surface area contributed by atoms with Gasteiger partial charge < -0.3 is 10.4 Å². The fourth-order valence-electron chi connectivity index (χ4n) is 2.05. The minimum atomic E-state index is -0.384. The van der Waals surface area contributed by atoms with E-state index in [0.717, 1.165) is 17.8 Å². The molecule has 0 spiro atoms. The topological polar surface area (TPSA) is 78.6 Å². The molecular weight excluding hydrogens is 258 g/mol. The van der Waals surface area contributed by atoms with Gasteiger partial charge in [-0.1, -0.05) is 0 Å². The van der Waals surface area contributed by atoms with Gasteiger partial charge in [0.05, 0.1) is 11.5 Å². The maximum absolute atomic E-state index is 10.9. The molecule has 0 unspecified atom stereocenters. The molecule has 1 aromatic carbocycles. The van der Waals surface area contributed by atoms with Crippen LogP contribution in [-0.4, -0.2) is 40.7 Å². The molecule has 0 heterocycles. The van der Waals surface area contributed by atoms with Gasteiger partial charge in [-0.05, 0) is 32.4 Å². The lowest BCUT2D eigenvalue weighted by Crippen LogP contribution is -2.33. The van der Waals surface area contributed by atoms with Crippen molar-refractivity contribution in [2.24, 2.45) is 0 Å². The number of nitrogens with one attached hydrogen (secondary N) is 1. The van der Waals surface area contributed by atoms with E-state index in [4.69, 9.17) is 5.11 Å². The van der Waals surface area contributed by atoms with E-state index in [-0.39, 0.29) is 23.3 Å². The molecular formula is C14H23N3O3. The van der Waals surface area contributed by atoms with Crippen LogP contribution in [0.2, 0.25) is 0 Å². The molecule has 0 fully saturated rings. The maximum atomic E-state index is 10.9. The monoisotopic (exact) mass is 281 g/mol. The third kappa shape index (κ3) is 4.47. The van der Waals surface area contributed by atoms with Crippen LogP contribution in [0.15, 0.2) is 18.2 Å². The minimum absolute atomic E-state index is 0.0731. The van der Waals surface area contributed by atoms with Crippen molar-refractivity contribution in [2.45, 2.75) is 33.4 Å². The van der Waals surface area contributed by atoms with Gasteiger partial charge in [0, 0.05) is 43.5 Å². The first kappa shape index (κ1) is 16.4. The van der Waals surface area contributed by atoms with E-state index in [1.165, 1.54) is 6.07 Å². The van der Waals surface area contributed by atoms with Crippen molar-refractivity contribution >= 4 is 11.4 Å². The van der Waals surface area contributed by atoms with Crippen LogP contribution in [-0.2, 0) is 6.54 Å². The van der Waals surface area contributed by atoms with Crippen LogP contribution >= 0.6 is 0 Å². The third-order valence-electron chi connectivity index (χ3n) is 3.16. The first-order chi connectivity index (χ1) is 9.49. The molecule has 112 valence electrons. The number of benzene rings is 1. The predicted molar refractivity (Wildman–Crippen MR) is 79.9 cm³/mol. The summed E-state index contributed by atoms with van der Waals surface area (Å²) in [5.41, 5.74) is 1.87. The molecule has 0 aliphatic heterocycles. The van der Waals surface area contributed by atoms with Gasteiger partial charge in [0.1, 0.15) is 0 Å². The summed E-state index contributed by atoms with van der Waals surface area (Å²) in [6.45, 7) is 8.02. The lowest BCUT2D eigenvalue weighted by atomic mass is 10.1. The molecule has 0 amide bonds. The van der Waals surface area contributed by atoms with E-state index in [1.807, 2.05) is 20.8 Å². The SMILES string of the molecule is CCNc1ccc([N+](=O)[O-])cc1CN(CCO)C(C)C. The van der Waals surface area contributed by atoms with Gasteiger partial charge in [-0.15, -0.1) is 0 Å². The number of nitrogens with zero attached hydrogens (tertiary/aromatic N) is 2. The number of aliphatic hydroxyl groups excluding tert-OH is 1. The van der Waals surface area contributed by atoms with Gasteiger partial charge >= 0.3 is 0 Å². The largest absolute Gasteiger partial charge is 0.395 e. The van der Waals surface area contributed by atoms with Gasteiger partial charge in [-0.25, -0.2) is 0 Å². The second-order valence-corrected chi connectivity index (χ2v) is 4.92. The van der Waals surface area contributed by atoms with Crippen LogP contribution in [0.25, 0.3) is 0 Å². The first-order valence-electron chi connectivity index (χ1n) is 6.85. The zero-order valence-electron chi connectivity index (χ0n) is 12.3. The van der Waals surface area contributed by atoms with Gasteiger partial charge in [-0.3, -0.25) is 15.0 Å². The van der Waals surface area contributed by atoms with Gasteiger partial charge in [0.2, 0.25) is 0 Å². The lowest BCUT2D eigenvalue weighted by molar-refractivity contribution is -0.384. The van der Waals surface area contributed by atoms with Crippen molar-refractivity contribution in [2.75, 3.05) is 25.0 Å². The van der Waals surface area contributed by atoms with E-state index in [1.54, 1.807) is 12.1 Å². The second-order valence-electron chi connectivity index (χ2n) is 4.92. The van der Waals surface area contributed by atoms with Gasteiger partial charge in [-0.2, -0.15) is 0 Å². The molecule has 0 atom stereocenters. The second kappa shape index (κ2) is 7.81. The summed E-state index contributed by atoms with van der Waals surface area (Å²) in [6.07, 6.45) is 0. The number of anilines is 1. The van der Waals surface area contributed by atoms with E-state index < -0.39 is 0 Å². The number of aliphatic hydroxyl groups is 1. The first-order valence-corrected chi connectivity index (χ1v) is 6.85. The van der Waals surface area contributed by atoms with Crippen molar-refractivity contribution in [1.82, 2.24) is 4.90 Å². The van der Waals surface area contributed by atoms with E-state index in [2.05, 4.69) is 10.2 Å². The zero-order chi connectivity index (χ0) is 15.1. The highest BCUT2D eigenvalue weighted by Crippen LogP contribution is 2.24. The Morgan fingerprint density at radius 1 is 1.45 bits per heavy atom. The van der Waals surface area contributed by atoms with Gasteiger partial charge in [0.15, 0.2) is 0 Å². The number of nitro benzene ring substituents is 1.